The Morgan fingerprint density at radius 3 is 1.05 bits per heavy atom. The van der Waals surface area contributed by atoms with Gasteiger partial charge in [-0.3, -0.25) is 0 Å². The molecule has 0 aliphatic rings. The largest absolute Gasteiger partial charge is 0.236 e. The Morgan fingerprint density at radius 2 is 0.609 bits per heavy atom. The summed E-state index contributed by atoms with van der Waals surface area (Å²) in [4.78, 5) is 9.89. The fourth-order valence-electron chi connectivity index (χ4n) is 9.50. The van der Waals surface area contributed by atoms with E-state index in [1.807, 2.05) is 0 Å². The second-order valence-corrected chi connectivity index (χ2v) is 18.6. The monoisotopic (exact) mass is 848 g/mol. The number of fused-ring (bicyclic) bond motifs is 6. The van der Waals surface area contributed by atoms with Gasteiger partial charge in [0.1, 0.15) is 10.0 Å². The molecule has 2 aromatic heterocycles. The van der Waals surface area contributed by atoms with E-state index in [9.17, 15) is 0 Å². The topological polar surface area (TPSA) is 25.8 Å². The summed E-state index contributed by atoms with van der Waals surface area (Å²) in [6.07, 6.45) is 0. The molecule has 0 saturated carbocycles. The summed E-state index contributed by atoms with van der Waals surface area (Å²) in [5, 5.41) is 11.9. The normalized spacial score (nSPS) is 11.8. The van der Waals surface area contributed by atoms with Gasteiger partial charge in [-0.25, -0.2) is 9.97 Å². The Morgan fingerprint density at radius 1 is 0.250 bits per heavy atom. The maximum Gasteiger partial charge on any atom is 0.124 e. The molecular weight excluding hydrogens is 813 g/mol. The van der Waals surface area contributed by atoms with Crippen molar-refractivity contribution < 1.29 is 0 Å². The van der Waals surface area contributed by atoms with E-state index in [0.29, 0.717) is 0 Å². The minimum absolute atomic E-state index is 1.04. The van der Waals surface area contributed by atoms with Gasteiger partial charge in [0, 0.05) is 11.1 Å². The Balaban J connectivity index is 1.02. The van der Waals surface area contributed by atoms with Crippen molar-refractivity contribution in [2.75, 3.05) is 0 Å². The average Bonchev–Trinajstić information content (AvgIpc) is 4.01. The molecule has 0 spiro atoms. The number of nitrogens with zero attached hydrogens (tertiary/aromatic N) is 2. The van der Waals surface area contributed by atoms with Gasteiger partial charge in [0.05, 0.1) is 20.4 Å². The van der Waals surface area contributed by atoms with Crippen LogP contribution in [-0.4, -0.2) is 9.97 Å². The van der Waals surface area contributed by atoms with E-state index in [1.165, 1.54) is 97.0 Å². The second-order valence-electron chi connectivity index (χ2n) is 16.5. The van der Waals surface area contributed by atoms with Crippen LogP contribution in [0.25, 0.3) is 129 Å². The van der Waals surface area contributed by atoms with Gasteiger partial charge in [-0.2, -0.15) is 0 Å². The first-order valence-corrected chi connectivity index (χ1v) is 23.2. The van der Waals surface area contributed by atoms with Crippen molar-refractivity contribution in [1.29, 1.82) is 0 Å². The number of rotatable bonds is 6. The first kappa shape index (κ1) is 36.9. The molecule has 0 atom stereocenters. The minimum atomic E-state index is 1.04. The zero-order valence-corrected chi connectivity index (χ0v) is 36.1. The fourth-order valence-corrected chi connectivity index (χ4v) is 11.4. The van der Waals surface area contributed by atoms with Crippen LogP contribution in [0, 0.1) is 0 Å². The third-order valence-corrected chi connectivity index (χ3v) is 14.9. The molecule has 11 aromatic carbocycles. The van der Waals surface area contributed by atoms with Crippen molar-refractivity contribution in [3.63, 3.8) is 0 Å². The smallest absolute Gasteiger partial charge is 0.124 e. The van der Waals surface area contributed by atoms with E-state index < -0.39 is 0 Å². The number of thiazole rings is 2. The number of hydrogen-bond donors (Lipinski definition) is 0. The van der Waals surface area contributed by atoms with Gasteiger partial charge in [0.15, 0.2) is 0 Å². The van der Waals surface area contributed by atoms with E-state index in [1.54, 1.807) is 22.7 Å². The molecule has 0 bridgehead atoms. The lowest BCUT2D eigenvalue weighted by Crippen LogP contribution is -1.93. The standard InChI is InChI=1S/C60H36N2S2/c1-3-11-43-33-47(27-21-37(43)9-1)57-49-31-29-46(40-19-25-42(26-20-40)60-62-54-14-6-8-16-56(54)64-60)36-52(49)58(48-28-22-38-10-2-4-12-44(38)34-48)50-32-30-45(35-51(50)57)39-17-23-41(24-18-39)59-61-53-13-5-7-15-55(53)63-59/h1-36H. The van der Waals surface area contributed by atoms with Crippen molar-refractivity contribution in [3.05, 3.63) is 218 Å². The molecule has 0 N–H and O–H groups in total. The van der Waals surface area contributed by atoms with E-state index >= 15 is 0 Å². The highest BCUT2D eigenvalue weighted by atomic mass is 32.1. The van der Waals surface area contributed by atoms with E-state index in [2.05, 4.69) is 218 Å². The quantitative estimate of drug-likeness (QED) is 0.156. The lowest BCUT2D eigenvalue weighted by atomic mass is 9.83. The van der Waals surface area contributed by atoms with Gasteiger partial charge < -0.3 is 0 Å². The summed E-state index contributed by atoms with van der Waals surface area (Å²) in [5.41, 5.74) is 14.0. The Bertz CT molecular complexity index is 3630. The predicted octanol–water partition coefficient (Wildman–Crippen LogP) is 17.5. The van der Waals surface area contributed by atoms with Crippen molar-refractivity contribution >= 4 is 86.2 Å². The molecular formula is C60H36N2S2. The molecule has 0 unspecified atom stereocenters. The highest BCUT2D eigenvalue weighted by molar-refractivity contribution is 7.22. The summed E-state index contributed by atoms with van der Waals surface area (Å²) in [6, 6.07) is 80.0. The molecule has 0 aliphatic carbocycles. The van der Waals surface area contributed by atoms with Gasteiger partial charge in [0.2, 0.25) is 0 Å². The third kappa shape index (κ3) is 6.30. The van der Waals surface area contributed by atoms with Crippen LogP contribution in [0.2, 0.25) is 0 Å². The van der Waals surface area contributed by atoms with Gasteiger partial charge in [-0.15, -0.1) is 22.7 Å². The maximum atomic E-state index is 4.94. The summed E-state index contributed by atoms with van der Waals surface area (Å²) < 4.78 is 2.41. The Hall–Kier alpha value is -7.76. The van der Waals surface area contributed by atoms with Crippen LogP contribution >= 0.6 is 22.7 Å². The number of hydrogen-bond acceptors (Lipinski definition) is 4. The molecule has 13 rings (SSSR count). The molecule has 0 amide bonds. The lowest BCUT2D eigenvalue weighted by Gasteiger charge is -2.20. The van der Waals surface area contributed by atoms with Crippen LogP contribution in [0.15, 0.2) is 218 Å². The maximum absolute atomic E-state index is 4.94. The molecule has 2 nitrogen and oxygen atoms in total. The average molecular weight is 849 g/mol. The Kier molecular flexibility index (Phi) is 8.61. The van der Waals surface area contributed by atoms with Gasteiger partial charge >= 0.3 is 0 Å². The van der Waals surface area contributed by atoms with Gasteiger partial charge in [-0.05, 0) is 136 Å². The van der Waals surface area contributed by atoms with Crippen molar-refractivity contribution in [1.82, 2.24) is 9.97 Å². The molecule has 0 fully saturated rings. The third-order valence-electron chi connectivity index (χ3n) is 12.7. The molecule has 64 heavy (non-hydrogen) atoms. The summed E-state index contributed by atoms with van der Waals surface area (Å²) >= 11 is 3.48. The van der Waals surface area contributed by atoms with Crippen LogP contribution < -0.4 is 0 Å². The molecule has 0 aliphatic heterocycles. The number of benzene rings is 11. The first-order valence-electron chi connectivity index (χ1n) is 21.6. The Labute approximate surface area is 378 Å². The lowest BCUT2D eigenvalue weighted by molar-refractivity contribution is 1.48. The van der Waals surface area contributed by atoms with Gasteiger partial charge in [-0.1, -0.05) is 170 Å². The molecule has 0 radical (unpaired) electrons. The van der Waals surface area contributed by atoms with Crippen molar-refractivity contribution in [2.45, 2.75) is 0 Å². The summed E-state index contributed by atoms with van der Waals surface area (Å²) in [5.74, 6) is 0. The first-order chi connectivity index (χ1) is 31.7. The highest BCUT2D eigenvalue weighted by Crippen LogP contribution is 2.47. The second kappa shape index (κ2) is 15.0. The van der Waals surface area contributed by atoms with Crippen LogP contribution in [0.5, 0.6) is 0 Å². The minimum Gasteiger partial charge on any atom is -0.236 e. The molecule has 2 heterocycles. The zero-order valence-electron chi connectivity index (χ0n) is 34.5. The van der Waals surface area contributed by atoms with Crippen LogP contribution in [-0.2, 0) is 0 Å². The molecule has 0 saturated heterocycles. The van der Waals surface area contributed by atoms with E-state index in [4.69, 9.17) is 9.97 Å². The molecule has 13 aromatic rings. The van der Waals surface area contributed by atoms with Crippen LogP contribution in [0.1, 0.15) is 0 Å². The molecule has 298 valence electrons. The fraction of sp³-hybridized carbons (Fsp3) is 0. The number of aromatic nitrogens is 2. The zero-order chi connectivity index (χ0) is 42.1. The molecule has 4 heteroatoms. The van der Waals surface area contributed by atoms with Gasteiger partial charge in [0.25, 0.3) is 0 Å². The SMILES string of the molecule is c1ccc2cc(-c3c4ccc(-c5ccc(-c6nc7ccccc7s6)cc5)cc4c(-c4ccc5ccccc5c4)c4ccc(-c5ccc(-c6nc7ccccc7s6)cc5)cc34)ccc2c1. The van der Waals surface area contributed by atoms with Crippen molar-refractivity contribution in [3.8, 4) is 65.6 Å². The van der Waals surface area contributed by atoms with E-state index in [-0.39, 0.29) is 0 Å². The number of para-hydroxylation sites is 2. The van der Waals surface area contributed by atoms with Crippen LogP contribution in [0.3, 0.4) is 0 Å². The van der Waals surface area contributed by atoms with Crippen molar-refractivity contribution in [2.24, 2.45) is 0 Å². The van der Waals surface area contributed by atoms with E-state index in [0.717, 1.165) is 32.2 Å². The summed E-state index contributed by atoms with van der Waals surface area (Å²) in [6.45, 7) is 0. The summed E-state index contributed by atoms with van der Waals surface area (Å²) in [7, 11) is 0. The highest BCUT2D eigenvalue weighted by Gasteiger charge is 2.20. The predicted molar refractivity (Wildman–Crippen MR) is 275 cm³/mol. The van der Waals surface area contributed by atoms with Crippen LogP contribution in [0.4, 0.5) is 0 Å².